The van der Waals surface area contributed by atoms with Crippen LogP contribution in [0.5, 0.6) is 0 Å². The van der Waals surface area contributed by atoms with Crippen LogP contribution in [0, 0.1) is 27.1 Å². The smallest absolute Gasteiger partial charge is 0.00284 e. The minimum absolute atomic E-state index is 0.456. The molecule has 0 aromatic carbocycles. The van der Waals surface area contributed by atoms with Crippen molar-refractivity contribution in [2.45, 2.75) is 85.5 Å². The Kier molecular flexibility index (Phi) is 2.27. The minimum Gasteiger partial charge on any atom is -0.0987 e. The van der Waals surface area contributed by atoms with E-state index in [0.717, 1.165) is 0 Å². The zero-order valence-electron chi connectivity index (χ0n) is 14.1. The first-order chi connectivity index (χ1) is 9.28. The van der Waals surface area contributed by atoms with E-state index in [0.29, 0.717) is 27.1 Å². The fourth-order valence-electron chi connectivity index (χ4n) is 7.60. The Labute approximate surface area is 125 Å². The van der Waals surface area contributed by atoms with Crippen molar-refractivity contribution in [1.82, 2.24) is 0 Å². The maximum Gasteiger partial charge on any atom is -0.00284 e. The lowest BCUT2D eigenvalue weighted by Gasteiger charge is -2.81. The predicted octanol–water partition coefficient (Wildman–Crippen LogP) is 6.12. The van der Waals surface area contributed by atoms with Crippen molar-refractivity contribution in [2.75, 3.05) is 0 Å². The highest BCUT2D eigenvalue weighted by Gasteiger charge is 2.77. The lowest BCUT2D eigenvalue weighted by Crippen LogP contribution is -2.73. The van der Waals surface area contributed by atoms with Crippen LogP contribution >= 0.6 is 0 Å². The second-order valence-corrected chi connectivity index (χ2v) is 9.54. The molecule has 0 amide bonds. The maximum absolute atomic E-state index is 4.78. The van der Waals surface area contributed by atoms with Crippen LogP contribution in [0.15, 0.2) is 12.2 Å². The molecular weight excluding hydrogens is 240 g/mol. The van der Waals surface area contributed by atoms with Crippen molar-refractivity contribution < 1.29 is 0 Å². The highest BCUT2D eigenvalue weighted by atomic mass is 14.8. The molecule has 4 rings (SSSR count). The van der Waals surface area contributed by atoms with Crippen LogP contribution in [0.3, 0.4) is 0 Å². The van der Waals surface area contributed by atoms with Gasteiger partial charge in [0.25, 0.3) is 0 Å². The van der Waals surface area contributed by atoms with Crippen molar-refractivity contribution in [3.8, 4) is 0 Å². The average Bonchev–Trinajstić information content (AvgIpc) is 2.05. The molecule has 0 atom stereocenters. The summed E-state index contributed by atoms with van der Waals surface area (Å²) in [4.78, 5) is 0. The summed E-state index contributed by atoms with van der Waals surface area (Å²) in [7, 11) is 0. The highest BCUT2D eigenvalue weighted by molar-refractivity contribution is 5.39. The van der Waals surface area contributed by atoms with Gasteiger partial charge in [-0.15, -0.1) is 0 Å². The van der Waals surface area contributed by atoms with Crippen LogP contribution < -0.4 is 0 Å². The van der Waals surface area contributed by atoms with E-state index >= 15 is 0 Å². The third-order valence-electron chi connectivity index (χ3n) is 9.56. The summed E-state index contributed by atoms with van der Waals surface area (Å²) in [5.74, 6) is 0. The van der Waals surface area contributed by atoms with E-state index in [1.54, 1.807) is 5.57 Å². The Hall–Kier alpha value is -0.260. The summed E-state index contributed by atoms with van der Waals surface area (Å²) in [5.41, 5.74) is 4.17. The standard InChI is InChI=1S/C20H32/c1-15-18(9-6-10-18)16(2,3)20(13-8-14-20)17(4,5)19(15)11-7-12-19/h1,6-14H2,2-5H3. The number of hydrogen-bond donors (Lipinski definition) is 0. The lowest BCUT2D eigenvalue weighted by atomic mass is 9.23. The van der Waals surface area contributed by atoms with Gasteiger partial charge in [0, 0.05) is 0 Å². The molecule has 4 aliphatic carbocycles. The zero-order chi connectivity index (χ0) is 14.4. The molecule has 0 radical (unpaired) electrons. The molecule has 112 valence electrons. The van der Waals surface area contributed by atoms with Gasteiger partial charge >= 0.3 is 0 Å². The largest absolute Gasteiger partial charge is 0.0987 e. The maximum atomic E-state index is 4.78. The molecule has 0 heteroatoms. The Morgan fingerprint density at radius 3 is 1.20 bits per heavy atom. The SMILES string of the molecule is C=C1C2(CCC2)C(C)(C)C2(CCC2)C(C)(C)C12CCC2. The van der Waals surface area contributed by atoms with Crippen LogP contribution in [0.4, 0.5) is 0 Å². The third-order valence-corrected chi connectivity index (χ3v) is 9.56. The van der Waals surface area contributed by atoms with Crippen molar-refractivity contribution in [3.63, 3.8) is 0 Å². The molecule has 0 aliphatic heterocycles. The summed E-state index contributed by atoms with van der Waals surface area (Å²) in [5, 5.41) is 0. The van der Waals surface area contributed by atoms with E-state index in [-0.39, 0.29) is 0 Å². The fraction of sp³-hybridized carbons (Fsp3) is 0.900. The van der Waals surface area contributed by atoms with Gasteiger partial charge in [0.1, 0.15) is 0 Å². The molecule has 0 heterocycles. The Balaban J connectivity index is 1.93. The molecule has 4 fully saturated rings. The number of hydrogen-bond acceptors (Lipinski definition) is 0. The van der Waals surface area contributed by atoms with Gasteiger partial charge in [-0.25, -0.2) is 0 Å². The molecule has 0 N–H and O–H groups in total. The zero-order valence-corrected chi connectivity index (χ0v) is 14.1. The molecule has 0 nitrogen and oxygen atoms in total. The van der Waals surface area contributed by atoms with E-state index in [4.69, 9.17) is 6.58 Å². The van der Waals surface area contributed by atoms with Gasteiger partial charge in [-0.2, -0.15) is 0 Å². The van der Waals surface area contributed by atoms with Crippen LogP contribution in [-0.4, -0.2) is 0 Å². The molecule has 0 unspecified atom stereocenters. The van der Waals surface area contributed by atoms with Gasteiger partial charge in [-0.05, 0) is 65.6 Å². The molecule has 0 saturated heterocycles. The first-order valence-corrected chi connectivity index (χ1v) is 8.97. The van der Waals surface area contributed by atoms with Gasteiger partial charge < -0.3 is 0 Å². The van der Waals surface area contributed by atoms with Crippen molar-refractivity contribution >= 4 is 0 Å². The van der Waals surface area contributed by atoms with E-state index in [1.165, 1.54) is 57.8 Å². The molecule has 4 saturated carbocycles. The molecule has 0 aromatic heterocycles. The van der Waals surface area contributed by atoms with Crippen LogP contribution in [0.2, 0.25) is 0 Å². The monoisotopic (exact) mass is 272 g/mol. The number of rotatable bonds is 0. The molecule has 0 bridgehead atoms. The van der Waals surface area contributed by atoms with Gasteiger partial charge in [0.05, 0.1) is 0 Å². The second-order valence-electron chi connectivity index (χ2n) is 9.54. The normalized spacial score (nSPS) is 37.3. The average molecular weight is 272 g/mol. The van der Waals surface area contributed by atoms with E-state index in [9.17, 15) is 0 Å². The van der Waals surface area contributed by atoms with Crippen LogP contribution in [0.25, 0.3) is 0 Å². The Morgan fingerprint density at radius 2 is 1.00 bits per heavy atom. The summed E-state index contributed by atoms with van der Waals surface area (Å²) < 4.78 is 0. The Morgan fingerprint density at radius 1 is 0.650 bits per heavy atom. The van der Waals surface area contributed by atoms with Gasteiger partial charge in [-0.1, -0.05) is 59.1 Å². The van der Waals surface area contributed by atoms with Gasteiger partial charge in [-0.3, -0.25) is 0 Å². The second kappa shape index (κ2) is 3.39. The summed E-state index contributed by atoms with van der Waals surface area (Å²) in [6.45, 7) is 15.2. The van der Waals surface area contributed by atoms with Crippen LogP contribution in [-0.2, 0) is 0 Å². The highest BCUT2D eigenvalue weighted by Crippen LogP contribution is 2.85. The summed E-state index contributed by atoms with van der Waals surface area (Å²) >= 11 is 0. The van der Waals surface area contributed by atoms with Crippen molar-refractivity contribution in [2.24, 2.45) is 27.1 Å². The lowest BCUT2D eigenvalue weighted by molar-refractivity contribution is -0.275. The van der Waals surface area contributed by atoms with Gasteiger partial charge in [0.15, 0.2) is 0 Å². The third kappa shape index (κ3) is 0.966. The summed E-state index contributed by atoms with van der Waals surface area (Å²) in [6.07, 6.45) is 13.0. The summed E-state index contributed by atoms with van der Waals surface area (Å²) in [6, 6.07) is 0. The van der Waals surface area contributed by atoms with Crippen molar-refractivity contribution in [3.05, 3.63) is 12.2 Å². The number of allylic oxidation sites excluding steroid dienone is 1. The van der Waals surface area contributed by atoms with E-state index in [2.05, 4.69) is 27.7 Å². The molecule has 4 aliphatic rings. The topological polar surface area (TPSA) is 0 Å². The Bertz CT molecular complexity index is 426. The van der Waals surface area contributed by atoms with Crippen LogP contribution in [0.1, 0.15) is 85.5 Å². The first-order valence-electron chi connectivity index (χ1n) is 8.97. The molecule has 3 spiro atoms. The molecule has 20 heavy (non-hydrogen) atoms. The first kappa shape index (κ1) is 13.4. The van der Waals surface area contributed by atoms with Crippen molar-refractivity contribution in [1.29, 1.82) is 0 Å². The van der Waals surface area contributed by atoms with E-state index in [1.807, 2.05) is 0 Å². The minimum atomic E-state index is 0.456. The van der Waals surface area contributed by atoms with E-state index < -0.39 is 0 Å². The van der Waals surface area contributed by atoms with Gasteiger partial charge in [0.2, 0.25) is 0 Å². The predicted molar refractivity (Wildman–Crippen MR) is 85.6 cm³/mol. The molecular formula is C20H32. The fourth-order valence-corrected chi connectivity index (χ4v) is 7.60. The quantitative estimate of drug-likeness (QED) is 0.466. The molecule has 0 aromatic rings.